The van der Waals surface area contributed by atoms with E-state index in [0.717, 1.165) is 0 Å². The van der Waals surface area contributed by atoms with Gasteiger partial charge in [-0.25, -0.2) is 0 Å². The van der Waals surface area contributed by atoms with E-state index in [1.165, 1.54) is 19.9 Å². The van der Waals surface area contributed by atoms with E-state index in [1.807, 2.05) is 0 Å². The number of anilines is 2. The van der Waals surface area contributed by atoms with Crippen molar-refractivity contribution in [2.75, 3.05) is 10.6 Å². The predicted molar refractivity (Wildman–Crippen MR) is 101 cm³/mol. The smallest absolute Gasteiger partial charge is 0.308 e. The first kappa shape index (κ1) is 19.8. The Morgan fingerprint density at radius 3 is 2.19 bits per heavy atom. The zero-order chi connectivity index (χ0) is 19.8. The minimum atomic E-state index is -0.472. The SMILES string of the molecule is CC(=O)CCC(=O)Nc1cccc(NC(=O)c2cccc(OC(C)=O)c2)c1. The highest BCUT2D eigenvalue weighted by Gasteiger charge is 2.10. The molecule has 0 atom stereocenters. The standard InChI is InChI=1S/C20H20N2O5/c1-13(23)9-10-19(25)21-16-6-4-7-17(12-16)22-20(26)15-5-3-8-18(11-15)27-14(2)24/h3-8,11-12H,9-10H2,1-2H3,(H,21,25)(H,22,26). The molecule has 0 heterocycles. The summed E-state index contributed by atoms with van der Waals surface area (Å²) in [6.45, 7) is 2.71. The van der Waals surface area contributed by atoms with Gasteiger partial charge in [-0.15, -0.1) is 0 Å². The van der Waals surface area contributed by atoms with Gasteiger partial charge < -0.3 is 20.2 Å². The molecule has 0 aromatic heterocycles. The Bertz CT molecular complexity index is 876. The van der Waals surface area contributed by atoms with Gasteiger partial charge in [0.1, 0.15) is 11.5 Å². The first-order chi connectivity index (χ1) is 12.8. The zero-order valence-corrected chi connectivity index (χ0v) is 15.1. The normalized spacial score (nSPS) is 10.0. The van der Waals surface area contributed by atoms with Crippen LogP contribution in [0.4, 0.5) is 11.4 Å². The monoisotopic (exact) mass is 368 g/mol. The summed E-state index contributed by atoms with van der Waals surface area (Å²) < 4.78 is 4.97. The molecule has 140 valence electrons. The molecular weight excluding hydrogens is 348 g/mol. The summed E-state index contributed by atoms with van der Waals surface area (Å²) in [7, 11) is 0. The number of ether oxygens (including phenoxy) is 1. The minimum absolute atomic E-state index is 0.0536. The van der Waals surface area contributed by atoms with Crippen LogP contribution in [-0.2, 0) is 14.4 Å². The number of carbonyl (C=O) groups excluding carboxylic acids is 4. The number of esters is 1. The van der Waals surface area contributed by atoms with Crippen LogP contribution in [0, 0.1) is 0 Å². The first-order valence-electron chi connectivity index (χ1n) is 8.32. The number of nitrogens with one attached hydrogen (secondary N) is 2. The minimum Gasteiger partial charge on any atom is -0.427 e. The summed E-state index contributed by atoms with van der Waals surface area (Å²) >= 11 is 0. The van der Waals surface area contributed by atoms with Gasteiger partial charge in [-0.1, -0.05) is 12.1 Å². The number of amides is 2. The number of benzene rings is 2. The maximum absolute atomic E-state index is 12.4. The second kappa shape index (κ2) is 9.28. The van der Waals surface area contributed by atoms with E-state index in [9.17, 15) is 19.2 Å². The van der Waals surface area contributed by atoms with Crippen LogP contribution in [0.15, 0.2) is 48.5 Å². The summed E-state index contributed by atoms with van der Waals surface area (Å²) in [5.41, 5.74) is 1.32. The largest absolute Gasteiger partial charge is 0.427 e. The van der Waals surface area contributed by atoms with Gasteiger partial charge in [0.25, 0.3) is 5.91 Å². The highest BCUT2D eigenvalue weighted by Crippen LogP contribution is 2.18. The lowest BCUT2D eigenvalue weighted by Crippen LogP contribution is -2.14. The summed E-state index contributed by atoms with van der Waals surface area (Å²) in [5.74, 6) is -0.906. The summed E-state index contributed by atoms with van der Waals surface area (Å²) in [4.78, 5) is 46.1. The predicted octanol–water partition coefficient (Wildman–Crippen LogP) is 3.17. The molecule has 0 saturated carbocycles. The molecule has 2 aromatic carbocycles. The number of rotatable bonds is 7. The molecule has 2 aromatic rings. The van der Waals surface area contributed by atoms with Gasteiger partial charge in [0.2, 0.25) is 5.91 Å². The van der Waals surface area contributed by atoms with E-state index in [0.29, 0.717) is 16.9 Å². The number of Topliss-reactive ketones (excluding diaryl/α,β-unsaturated/α-hetero) is 1. The van der Waals surface area contributed by atoms with E-state index < -0.39 is 5.97 Å². The van der Waals surface area contributed by atoms with Crippen LogP contribution in [-0.4, -0.2) is 23.6 Å². The van der Waals surface area contributed by atoms with Crippen LogP contribution in [0.25, 0.3) is 0 Å². The fourth-order valence-electron chi connectivity index (χ4n) is 2.26. The number of hydrogen-bond donors (Lipinski definition) is 2. The Labute approximate surface area is 156 Å². The van der Waals surface area contributed by atoms with Crippen LogP contribution in [0.5, 0.6) is 5.75 Å². The van der Waals surface area contributed by atoms with Crippen molar-refractivity contribution in [2.24, 2.45) is 0 Å². The van der Waals surface area contributed by atoms with Gasteiger partial charge in [-0.2, -0.15) is 0 Å². The molecule has 0 aliphatic rings. The number of hydrogen-bond acceptors (Lipinski definition) is 5. The molecule has 0 aliphatic carbocycles. The van der Waals surface area contributed by atoms with Crippen LogP contribution in [0.3, 0.4) is 0 Å². The van der Waals surface area contributed by atoms with Crippen molar-refractivity contribution in [3.8, 4) is 5.75 Å². The Balaban J connectivity index is 2.03. The fourth-order valence-corrected chi connectivity index (χ4v) is 2.26. The number of carbonyl (C=O) groups is 4. The molecule has 0 radical (unpaired) electrons. The third kappa shape index (κ3) is 6.74. The maximum Gasteiger partial charge on any atom is 0.308 e. The third-order valence-electron chi connectivity index (χ3n) is 3.47. The Kier molecular flexibility index (Phi) is 6.82. The molecule has 7 nitrogen and oxygen atoms in total. The van der Waals surface area contributed by atoms with Gasteiger partial charge in [-0.3, -0.25) is 14.4 Å². The van der Waals surface area contributed by atoms with Gasteiger partial charge >= 0.3 is 5.97 Å². The zero-order valence-electron chi connectivity index (χ0n) is 15.1. The summed E-state index contributed by atoms with van der Waals surface area (Å²) in [5, 5.41) is 5.40. The average Bonchev–Trinajstić information content (AvgIpc) is 2.60. The van der Waals surface area contributed by atoms with Crippen LogP contribution < -0.4 is 15.4 Å². The van der Waals surface area contributed by atoms with E-state index in [4.69, 9.17) is 4.74 Å². The molecule has 0 bridgehead atoms. The maximum atomic E-state index is 12.4. The van der Waals surface area contributed by atoms with Crippen molar-refractivity contribution in [3.63, 3.8) is 0 Å². The summed E-state index contributed by atoms with van der Waals surface area (Å²) in [6.07, 6.45) is 0.287. The van der Waals surface area contributed by atoms with Crippen LogP contribution >= 0.6 is 0 Å². The van der Waals surface area contributed by atoms with Gasteiger partial charge in [0, 0.05) is 36.7 Å². The Morgan fingerprint density at radius 2 is 1.52 bits per heavy atom. The lowest BCUT2D eigenvalue weighted by Gasteiger charge is -2.09. The molecule has 0 aliphatic heterocycles. The highest BCUT2D eigenvalue weighted by molar-refractivity contribution is 6.05. The molecular formula is C20H20N2O5. The van der Waals surface area contributed by atoms with Crippen molar-refractivity contribution < 1.29 is 23.9 Å². The van der Waals surface area contributed by atoms with Crippen molar-refractivity contribution in [2.45, 2.75) is 26.7 Å². The van der Waals surface area contributed by atoms with Gasteiger partial charge in [0.15, 0.2) is 0 Å². The van der Waals surface area contributed by atoms with Crippen LogP contribution in [0.1, 0.15) is 37.0 Å². The molecule has 0 unspecified atom stereocenters. The van der Waals surface area contributed by atoms with Crippen molar-refractivity contribution in [1.82, 2.24) is 0 Å². The Morgan fingerprint density at radius 1 is 0.852 bits per heavy atom. The molecule has 2 amide bonds. The molecule has 27 heavy (non-hydrogen) atoms. The van der Waals surface area contributed by atoms with Crippen LogP contribution in [0.2, 0.25) is 0 Å². The molecule has 0 spiro atoms. The molecule has 0 fully saturated rings. The van der Waals surface area contributed by atoms with Gasteiger partial charge in [-0.05, 0) is 43.3 Å². The van der Waals surface area contributed by atoms with Crippen molar-refractivity contribution in [1.29, 1.82) is 0 Å². The quantitative estimate of drug-likeness (QED) is 0.577. The average molecular weight is 368 g/mol. The third-order valence-corrected chi connectivity index (χ3v) is 3.47. The van der Waals surface area contributed by atoms with Gasteiger partial charge in [0.05, 0.1) is 0 Å². The topological polar surface area (TPSA) is 102 Å². The molecule has 2 N–H and O–H groups in total. The second-order valence-electron chi connectivity index (χ2n) is 5.91. The van der Waals surface area contributed by atoms with E-state index in [-0.39, 0.29) is 36.2 Å². The second-order valence-corrected chi connectivity index (χ2v) is 5.91. The lowest BCUT2D eigenvalue weighted by molar-refractivity contribution is -0.131. The van der Waals surface area contributed by atoms with E-state index >= 15 is 0 Å². The molecule has 0 saturated heterocycles. The van der Waals surface area contributed by atoms with Crippen molar-refractivity contribution in [3.05, 3.63) is 54.1 Å². The Hall–Kier alpha value is -3.48. The first-order valence-corrected chi connectivity index (χ1v) is 8.32. The highest BCUT2D eigenvalue weighted by atomic mass is 16.5. The lowest BCUT2D eigenvalue weighted by atomic mass is 10.2. The fraction of sp³-hybridized carbons (Fsp3) is 0.200. The summed E-state index contributed by atoms with van der Waals surface area (Å²) in [6, 6.07) is 12.9. The van der Waals surface area contributed by atoms with Crippen molar-refractivity contribution >= 4 is 34.9 Å². The molecule has 2 rings (SSSR count). The van der Waals surface area contributed by atoms with E-state index in [1.54, 1.807) is 42.5 Å². The number of ketones is 1. The molecule has 7 heteroatoms. The van der Waals surface area contributed by atoms with E-state index in [2.05, 4.69) is 10.6 Å².